The van der Waals surface area contributed by atoms with Crippen LogP contribution in [0, 0.1) is 5.41 Å². The number of para-hydroxylation sites is 4. The molecule has 0 bridgehead atoms. The zero-order valence-corrected chi connectivity index (χ0v) is 28.9. The second kappa shape index (κ2) is 11.8. The lowest BCUT2D eigenvalue weighted by molar-refractivity contribution is 0.224. The van der Waals surface area contributed by atoms with Crippen LogP contribution in [0.15, 0.2) is 107 Å². The van der Waals surface area contributed by atoms with Crippen LogP contribution in [0.2, 0.25) is 0 Å². The van der Waals surface area contributed by atoms with Crippen LogP contribution >= 0.6 is 0 Å². The maximum Gasteiger partial charge on any atom is 0.149 e. The lowest BCUT2D eigenvalue weighted by atomic mass is 9.71. The van der Waals surface area contributed by atoms with Crippen molar-refractivity contribution in [2.45, 2.75) is 85.0 Å². The molecule has 5 aromatic carbocycles. The third-order valence-electron chi connectivity index (χ3n) is 10.5. The summed E-state index contributed by atoms with van der Waals surface area (Å²) in [6, 6.07) is 31.5. The molecule has 0 saturated heterocycles. The Morgan fingerprint density at radius 3 is 2.15 bits per heavy atom. The zero-order valence-electron chi connectivity index (χ0n) is 31.9. The average Bonchev–Trinajstić information content (AvgIpc) is 3.68. The minimum Gasteiger partial charge on any atom is -0.455 e. The van der Waals surface area contributed by atoms with Gasteiger partial charge >= 0.3 is 0 Å². The van der Waals surface area contributed by atoms with Gasteiger partial charge in [0.1, 0.15) is 17.0 Å². The predicted octanol–water partition coefficient (Wildman–Crippen LogP) is 13.2. The fourth-order valence-electron chi connectivity index (χ4n) is 7.59. The van der Waals surface area contributed by atoms with Crippen molar-refractivity contribution < 1.29 is 8.53 Å². The summed E-state index contributed by atoms with van der Waals surface area (Å²) in [5, 5.41) is 2.14. The van der Waals surface area contributed by atoms with Gasteiger partial charge in [-0.2, -0.15) is 0 Å². The summed E-state index contributed by atoms with van der Waals surface area (Å²) in [4.78, 5) is 5.28. The molecule has 0 spiro atoms. The Balaban J connectivity index is 1.35. The number of nitrogens with zero attached hydrogens (tertiary/aromatic N) is 2. The molecule has 1 saturated carbocycles. The highest BCUT2D eigenvalue weighted by atomic mass is 16.3. The van der Waals surface area contributed by atoms with Crippen LogP contribution in [0.25, 0.3) is 61.2 Å². The Kier molecular flexibility index (Phi) is 6.72. The van der Waals surface area contributed by atoms with E-state index in [9.17, 15) is 4.11 Å². The largest absolute Gasteiger partial charge is 0.455 e. The fourth-order valence-corrected chi connectivity index (χ4v) is 7.59. The van der Waals surface area contributed by atoms with E-state index in [0.717, 1.165) is 98.0 Å². The van der Waals surface area contributed by atoms with E-state index in [0.29, 0.717) is 17.6 Å². The lowest BCUT2D eigenvalue weighted by Crippen LogP contribution is -2.20. The standard InChI is InChI=1S/C45H46N2O/c1-28(2)37-26-33(31-20-18-30(19-21-31)32-22-24-45(5,6)25-23-32)27-38(29(3)4)42(37)47-40-16-9-8-15-39(40)46-44(47)36-14-11-13-35-34-12-7-10-17-41(34)48-43(35)36/h7-21,26-29,32H,22-25H2,1-6H3/i20D,21D,32D. The Morgan fingerprint density at radius 2 is 1.44 bits per heavy atom. The van der Waals surface area contributed by atoms with Gasteiger partial charge in [0.25, 0.3) is 0 Å². The second-order valence-corrected chi connectivity index (χ2v) is 15.0. The van der Waals surface area contributed by atoms with Crippen LogP contribution in [0.1, 0.15) is 106 Å². The van der Waals surface area contributed by atoms with Crippen molar-refractivity contribution in [1.82, 2.24) is 9.55 Å². The van der Waals surface area contributed by atoms with Gasteiger partial charge in [0.15, 0.2) is 0 Å². The number of benzene rings is 5. The Morgan fingerprint density at radius 1 is 0.792 bits per heavy atom. The molecule has 0 unspecified atom stereocenters. The van der Waals surface area contributed by atoms with Gasteiger partial charge in [0.2, 0.25) is 0 Å². The van der Waals surface area contributed by atoms with E-state index in [2.05, 4.69) is 101 Å². The first-order valence-corrected chi connectivity index (χ1v) is 17.5. The summed E-state index contributed by atoms with van der Waals surface area (Å²) >= 11 is 0. The number of hydrogen-bond donors (Lipinski definition) is 0. The van der Waals surface area contributed by atoms with E-state index >= 15 is 0 Å². The van der Waals surface area contributed by atoms with Crippen molar-refractivity contribution in [3.8, 4) is 28.2 Å². The van der Waals surface area contributed by atoms with Crippen molar-refractivity contribution in [2.24, 2.45) is 5.41 Å². The quantitative estimate of drug-likeness (QED) is 0.182. The van der Waals surface area contributed by atoms with Gasteiger partial charge in [-0.25, -0.2) is 4.98 Å². The smallest absolute Gasteiger partial charge is 0.149 e. The molecule has 0 amide bonds. The molecule has 0 atom stereocenters. The molecule has 0 radical (unpaired) electrons. The number of fused-ring (bicyclic) bond motifs is 4. The van der Waals surface area contributed by atoms with E-state index in [1.807, 2.05) is 36.4 Å². The normalized spacial score (nSPS) is 17.0. The summed E-state index contributed by atoms with van der Waals surface area (Å²) in [5.74, 6) is 0.342. The first-order chi connectivity index (χ1) is 24.3. The van der Waals surface area contributed by atoms with Crippen LogP contribution in [0.3, 0.4) is 0 Å². The minimum atomic E-state index is -0.753. The predicted molar refractivity (Wildman–Crippen MR) is 202 cm³/mol. The van der Waals surface area contributed by atoms with Crippen LogP contribution in [0.5, 0.6) is 0 Å². The molecule has 7 aromatic rings. The number of furan rings is 1. The molecule has 2 heterocycles. The van der Waals surface area contributed by atoms with Gasteiger partial charge in [-0.15, -0.1) is 0 Å². The van der Waals surface area contributed by atoms with Crippen LogP contribution < -0.4 is 0 Å². The SMILES string of the molecule is [2H]c1cc(C2([2H])CCC(C)(C)CC2)cc([2H])c1-c1cc(C(C)C)c(-n2c(-c3cccc4c3oc3ccccc34)nc3ccccc32)c(C(C)C)c1. The zero-order chi connectivity index (χ0) is 35.8. The molecule has 1 aliphatic rings. The van der Waals surface area contributed by atoms with E-state index in [-0.39, 0.29) is 17.3 Å². The van der Waals surface area contributed by atoms with Gasteiger partial charge in [-0.05, 0) is 113 Å². The highest BCUT2D eigenvalue weighted by Crippen LogP contribution is 2.44. The van der Waals surface area contributed by atoms with Crippen molar-refractivity contribution in [2.75, 3.05) is 0 Å². The van der Waals surface area contributed by atoms with Gasteiger partial charge in [-0.1, -0.05) is 108 Å². The van der Waals surface area contributed by atoms with E-state index in [4.69, 9.17) is 9.40 Å². The molecule has 48 heavy (non-hydrogen) atoms. The monoisotopic (exact) mass is 633 g/mol. The lowest BCUT2D eigenvalue weighted by Gasteiger charge is -2.34. The van der Waals surface area contributed by atoms with Crippen molar-refractivity contribution in [1.29, 1.82) is 0 Å². The number of imidazole rings is 1. The summed E-state index contributed by atoms with van der Waals surface area (Å²) < 4.78 is 36.7. The molecule has 3 nitrogen and oxygen atoms in total. The summed E-state index contributed by atoms with van der Waals surface area (Å²) in [5.41, 5.74) is 10.4. The molecule has 1 fully saturated rings. The average molecular weight is 634 g/mol. The molecule has 0 aliphatic heterocycles. The molecule has 1 aliphatic carbocycles. The molecule has 8 rings (SSSR count). The summed E-state index contributed by atoms with van der Waals surface area (Å²) in [6.07, 6.45) is 3.47. The van der Waals surface area contributed by atoms with Gasteiger partial charge in [0.05, 0.1) is 25.0 Å². The maximum absolute atomic E-state index is 9.35. The first kappa shape index (κ1) is 27.3. The number of aromatic nitrogens is 2. The van der Waals surface area contributed by atoms with Gasteiger partial charge < -0.3 is 4.42 Å². The van der Waals surface area contributed by atoms with Gasteiger partial charge in [0, 0.05) is 12.1 Å². The molecule has 0 N–H and O–H groups in total. The first-order valence-electron chi connectivity index (χ1n) is 19.0. The minimum absolute atomic E-state index is 0.137. The van der Waals surface area contributed by atoms with Crippen molar-refractivity contribution >= 4 is 33.0 Å². The fraction of sp³-hybridized carbons (Fsp3) is 0.311. The van der Waals surface area contributed by atoms with Crippen molar-refractivity contribution in [3.05, 3.63) is 120 Å². The topological polar surface area (TPSA) is 31.0 Å². The van der Waals surface area contributed by atoms with Crippen LogP contribution in [0.4, 0.5) is 0 Å². The second-order valence-electron chi connectivity index (χ2n) is 15.0. The molecular formula is C45H46N2O. The van der Waals surface area contributed by atoms with Gasteiger partial charge in [-0.3, -0.25) is 4.57 Å². The maximum atomic E-state index is 9.35. The van der Waals surface area contributed by atoms with Crippen LogP contribution in [-0.2, 0) is 0 Å². The van der Waals surface area contributed by atoms with E-state index < -0.39 is 5.89 Å². The third-order valence-corrected chi connectivity index (χ3v) is 10.5. The van der Waals surface area contributed by atoms with Crippen molar-refractivity contribution in [3.63, 3.8) is 0 Å². The van der Waals surface area contributed by atoms with Crippen LogP contribution in [-0.4, -0.2) is 9.55 Å². The Labute approximate surface area is 288 Å². The number of hydrogen-bond acceptors (Lipinski definition) is 2. The summed E-state index contributed by atoms with van der Waals surface area (Å²) in [6.45, 7) is 13.4. The highest BCUT2D eigenvalue weighted by molar-refractivity contribution is 6.09. The Bertz CT molecular complexity index is 2400. The van der Waals surface area contributed by atoms with E-state index in [1.54, 1.807) is 0 Å². The number of rotatable bonds is 6. The summed E-state index contributed by atoms with van der Waals surface area (Å²) in [7, 11) is 0. The molecular weight excluding hydrogens is 585 g/mol. The molecule has 242 valence electrons. The molecule has 2 aromatic heterocycles. The molecule has 3 heteroatoms. The highest BCUT2D eigenvalue weighted by Gasteiger charge is 2.28. The van der Waals surface area contributed by atoms with E-state index in [1.165, 1.54) is 0 Å². The Hall–Kier alpha value is -4.63. The third kappa shape index (κ3) is 5.25.